The molecule has 6 heteroatoms. The van der Waals surface area contributed by atoms with E-state index in [2.05, 4.69) is 0 Å². The van der Waals surface area contributed by atoms with E-state index in [0.29, 0.717) is 19.3 Å². The Kier molecular flexibility index (Phi) is 8.74. The van der Waals surface area contributed by atoms with Crippen LogP contribution in [0.15, 0.2) is 12.2 Å². The third-order valence-corrected chi connectivity index (χ3v) is 2.22. The highest BCUT2D eigenvalue weighted by Crippen LogP contribution is 2.09. The molecule has 0 saturated carbocycles. The van der Waals surface area contributed by atoms with E-state index in [1.807, 2.05) is 12.3 Å². The van der Waals surface area contributed by atoms with Crippen molar-refractivity contribution in [1.82, 2.24) is 11.0 Å². The van der Waals surface area contributed by atoms with Crippen LogP contribution >= 0.6 is 0 Å². The van der Waals surface area contributed by atoms with Gasteiger partial charge < -0.3 is 9.84 Å². The van der Waals surface area contributed by atoms with Crippen LogP contribution in [0, 0.1) is 0 Å². The van der Waals surface area contributed by atoms with Gasteiger partial charge in [0.2, 0.25) is 0 Å². The zero-order chi connectivity index (χ0) is 12.4. The molecule has 1 amide bonds. The van der Waals surface area contributed by atoms with Crippen molar-refractivity contribution in [2.24, 2.45) is 0 Å². The van der Waals surface area contributed by atoms with E-state index in [4.69, 9.17) is 9.94 Å². The molecule has 94 valence electrons. The fourth-order valence-corrected chi connectivity index (χ4v) is 1.28. The van der Waals surface area contributed by atoms with E-state index in [1.54, 1.807) is 18.8 Å². The van der Waals surface area contributed by atoms with Gasteiger partial charge >= 0.3 is 0 Å². The van der Waals surface area contributed by atoms with E-state index in [0.717, 1.165) is 0 Å². The zero-order valence-corrected chi connectivity index (χ0v) is 9.64. The average Bonchev–Trinajstić information content (AvgIpc) is 2.28. The van der Waals surface area contributed by atoms with Gasteiger partial charge in [0, 0.05) is 13.2 Å². The molecule has 2 unspecified atom stereocenters. The van der Waals surface area contributed by atoms with Crippen LogP contribution in [0.3, 0.4) is 0 Å². The molecule has 0 aromatic carbocycles. The molecule has 0 aliphatic carbocycles. The van der Waals surface area contributed by atoms with Gasteiger partial charge in [0.15, 0.2) is 0 Å². The van der Waals surface area contributed by atoms with Crippen molar-refractivity contribution < 1.29 is 19.8 Å². The highest BCUT2D eigenvalue weighted by molar-refractivity contribution is 5.86. The second-order valence-electron chi connectivity index (χ2n) is 3.33. The maximum Gasteiger partial charge on any atom is 0.259 e. The molecular weight excluding hydrogens is 212 g/mol. The maximum absolute atomic E-state index is 10.8. The number of aliphatic hydroxyl groups excluding tert-OH is 1. The summed E-state index contributed by atoms with van der Waals surface area (Å²) in [6.45, 7) is 1.88. The first-order chi connectivity index (χ1) is 7.65. The van der Waals surface area contributed by atoms with Gasteiger partial charge in [-0.2, -0.15) is 0 Å². The number of hydrazine groups is 1. The van der Waals surface area contributed by atoms with Crippen molar-refractivity contribution in [3.05, 3.63) is 12.2 Å². The number of rotatable bonds is 8. The summed E-state index contributed by atoms with van der Waals surface area (Å²) in [7, 11) is 1.55. The minimum Gasteiger partial charge on any atom is -0.390 e. The number of carbonyl (C=O) groups is 1. The minimum atomic E-state index is -0.480. The van der Waals surface area contributed by atoms with Gasteiger partial charge in [-0.3, -0.25) is 15.4 Å². The van der Waals surface area contributed by atoms with Crippen LogP contribution in [0.1, 0.15) is 26.2 Å². The smallest absolute Gasteiger partial charge is 0.259 e. The van der Waals surface area contributed by atoms with E-state index >= 15 is 0 Å². The van der Waals surface area contributed by atoms with Crippen LogP contribution in [-0.4, -0.2) is 35.5 Å². The molecule has 16 heavy (non-hydrogen) atoms. The Bertz CT molecular complexity index is 221. The summed E-state index contributed by atoms with van der Waals surface area (Å²) < 4.78 is 5.12. The van der Waals surface area contributed by atoms with Gasteiger partial charge in [0.05, 0.1) is 12.2 Å². The molecule has 0 rings (SSSR count). The summed E-state index contributed by atoms with van der Waals surface area (Å²) in [5, 5.41) is 17.7. The van der Waals surface area contributed by atoms with Crippen molar-refractivity contribution in [1.29, 1.82) is 0 Å². The molecule has 0 aliphatic heterocycles. The number of hydrogen-bond acceptors (Lipinski definition) is 5. The first-order valence-electron chi connectivity index (χ1n) is 5.22. The van der Waals surface area contributed by atoms with Gasteiger partial charge in [-0.15, -0.1) is 5.59 Å². The minimum absolute atomic E-state index is 0.214. The first-order valence-corrected chi connectivity index (χ1v) is 5.22. The van der Waals surface area contributed by atoms with Crippen molar-refractivity contribution >= 4 is 5.91 Å². The van der Waals surface area contributed by atoms with Gasteiger partial charge in [0.1, 0.15) is 0 Å². The van der Waals surface area contributed by atoms with Crippen LogP contribution in [0.25, 0.3) is 0 Å². The second-order valence-corrected chi connectivity index (χ2v) is 3.33. The van der Waals surface area contributed by atoms with E-state index < -0.39 is 12.0 Å². The summed E-state index contributed by atoms with van der Waals surface area (Å²) in [6, 6.07) is 0. The molecule has 2 atom stereocenters. The molecule has 0 saturated heterocycles. The number of carbonyl (C=O) groups excluding carboxylic acids is 1. The van der Waals surface area contributed by atoms with Crippen LogP contribution in [0.4, 0.5) is 0 Å². The lowest BCUT2D eigenvalue weighted by atomic mass is 10.1. The number of amides is 1. The van der Waals surface area contributed by atoms with Crippen LogP contribution < -0.4 is 11.0 Å². The summed E-state index contributed by atoms with van der Waals surface area (Å²) >= 11 is 0. The number of aliphatic hydroxyl groups is 1. The number of hydrogen-bond donors (Lipinski definition) is 4. The number of allylic oxidation sites excluding steroid dienone is 1. The highest BCUT2D eigenvalue weighted by atomic mass is 16.5. The molecule has 0 aromatic rings. The van der Waals surface area contributed by atoms with Gasteiger partial charge in [-0.25, -0.2) is 0 Å². The fourth-order valence-electron chi connectivity index (χ4n) is 1.28. The third kappa shape index (κ3) is 6.52. The summed E-state index contributed by atoms with van der Waals surface area (Å²) in [6.07, 6.45) is 4.16. The number of ether oxygens (including phenoxy) is 1. The molecule has 0 radical (unpaired) electrons. The Hall–Kier alpha value is -0.950. The molecule has 0 aliphatic rings. The van der Waals surface area contributed by atoms with Gasteiger partial charge in [0.25, 0.3) is 5.91 Å². The molecule has 0 bridgehead atoms. The van der Waals surface area contributed by atoms with Crippen molar-refractivity contribution in [2.45, 2.75) is 38.4 Å². The molecule has 0 fully saturated rings. The number of methoxy groups -OCH3 is 1. The Labute approximate surface area is 95.2 Å². The average molecular weight is 232 g/mol. The third-order valence-electron chi connectivity index (χ3n) is 2.22. The van der Waals surface area contributed by atoms with Gasteiger partial charge in [-0.05, 0) is 19.3 Å². The lowest BCUT2D eigenvalue weighted by molar-refractivity contribution is -0.120. The molecule has 0 spiro atoms. The summed E-state index contributed by atoms with van der Waals surface area (Å²) in [5.41, 5.74) is 3.52. The fraction of sp³-hybridized carbons (Fsp3) is 0.700. The van der Waals surface area contributed by atoms with Crippen molar-refractivity contribution in [3.63, 3.8) is 0 Å². The molecule has 6 nitrogen and oxygen atoms in total. The molecule has 0 aromatic heterocycles. The first kappa shape index (κ1) is 15.0. The van der Waals surface area contributed by atoms with Crippen LogP contribution in [0.5, 0.6) is 0 Å². The predicted octanol–water partition coefficient (Wildman–Crippen LogP) is 0.119. The lowest BCUT2D eigenvalue weighted by Crippen LogP contribution is -2.33. The van der Waals surface area contributed by atoms with Crippen LogP contribution in [0.2, 0.25) is 0 Å². The standard InChI is InChI=1S/C10H20N2O4/c1-3-8(13)9(16-2)6-4-5-7-10(14)11-12-15/h5,7-9,12-13,15H,3-4,6H2,1-2H3,(H,11,14)/b7-5+. The Balaban J connectivity index is 3.81. The monoisotopic (exact) mass is 232 g/mol. The Morgan fingerprint density at radius 3 is 2.75 bits per heavy atom. The largest absolute Gasteiger partial charge is 0.390 e. The van der Waals surface area contributed by atoms with E-state index in [9.17, 15) is 9.90 Å². The quantitative estimate of drug-likeness (QED) is 0.352. The molecule has 0 heterocycles. The maximum atomic E-state index is 10.8. The topological polar surface area (TPSA) is 90.8 Å². The molecule has 4 N–H and O–H groups in total. The summed E-state index contributed by atoms with van der Waals surface area (Å²) in [4.78, 5) is 10.8. The van der Waals surface area contributed by atoms with E-state index in [1.165, 1.54) is 6.08 Å². The normalized spacial score (nSPS) is 15.0. The van der Waals surface area contributed by atoms with Crippen LogP contribution in [-0.2, 0) is 9.53 Å². The number of nitrogens with one attached hydrogen (secondary N) is 2. The van der Waals surface area contributed by atoms with E-state index in [-0.39, 0.29) is 6.10 Å². The summed E-state index contributed by atoms with van der Waals surface area (Å²) in [5.74, 6) is -0.437. The van der Waals surface area contributed by atoms with Crippen molar-refractivity contribution in [2.75, 3.05) is 7.11 Å². The second kappa shape index (κ2) is 9.29. The predicted molar refractivity (Wildman–Crippen MR) is 58.5 cm³/mol. The SMILES string of the molecule is CCC(O)C(CC/C=C/C(=O)NNO)OC. The molecular formula is C10H20N2O4. The van der Waals surface area contributed by atoms with Gasteiger partial charge in [-0.1, -0.05) is 13.0 Å². The lowest BCUT2D eigenvalue weighted by Gasteiger charge is -2.19. The van der Waals surface area contributed by atoms with Crippen molar-refractivity contribution in [3.8, 4) is 0 Å². The Morgan fingerprint density at radius 1 is 1.56 bits per heavy atom. The zero-order valence-electron chi connectivity index (χ0n) is 9.64. The Morgan fingerprint density at radius 2 is 2.25 bits per heavy atom. The highest BCUT2D eigenvalue weighted by Gasteiger charge is 2.15.